The Balaban J connectivity index is 1.69. The quantitative estimate of drug-likeness (QED) is 0.293. The molecule has 4 aromatic rings. The lowest BCUT2D eigenvalue weighted by molar-refractivity contribution is 0.0786. The highest BCUT2D eigenvalue weighted by Gasteiger charge is 2.21. The number of likely N-dealkylation sites (N-methyl/N-ethyl adjacent to an activating group) is 1. The van der Waals surface area contributed by atoms with Crippen molar-refractivity contribution in [1.82, 2.24) is 29.5 Å². The number of anilines is 1. The molecule has 1 amide bonds. The molecule has 3 N–H and O–H groups in total. The lowest BCUT2D eigenvalue weighted by Crippen LogP contribution is -2.27. The van der Waals surface area contributed by atoms with Gasteiger partial charge in [-0.3, -0.25) is 9.48 Å². The maximum Gasteiger partial charge on any atom is 0.254 e. The predicted molar refractivity (Wildman–Crippen MR) is 148 cm³/mol. The number of aliphatic hydroxyl groups excluding tert-OH is 1. The number of nitrogens with one attached hydrogen (secondary N) is 1. The van der Waals surface area contributed by atoms with Crippen molar-refractivity contribution in [3.05, 3.63) is 65.1 Å². The zero-order valence-corrected chi connectivity index (χ0v) is 22.6. The van der Waals surface area contributed by atoms with Gasteiger partial charge in [0.05, 0.1) is 52.3 Å². The molecule has 38 heavy (non-hydrogen) atoms. The zero-order valence-electron chi connectivity index (χ0n) is 22.6. The maximum absolute atomic E-state index is 13.7. The Kier molecular flexibility index (Phi) is 8.23. The largest absolute Gasteiger partial charge is 0.508 e. The van der Waals surface area contributed by atoms with Crippen LogP contribution in [0.25, 0.3) is 22.3 Å². The maximum atomic E-state index is 13.7. The van der Waals surface area contributed by atoms with Gasteiger partial charge < -0.3 is 25.3 Å². The van der Waals surface area contributed by atoms with E-state index in [1.165, 1.54) is 0 Å². The molecule has 0 bridgehead atoms. The number of fused-ring (bicyclic) bond motifs is 1. The molecule has 0 spiro atoms. The molecule has 10 nitrogen and oxygen atoms in total. The number of phenolic OH excluding ortho intramolecular Hbond substituents is 1. The van der Waals surface area contributed by atoms with Gasteiger partial charge in [-0.2, -0.15) is 5.10 Å². The molecular weight excluding hydrogens is 482 g/mol. The molecule has 0 aliphatic carbocycles. The van der Waals surface area contributed by atoms with Crippen LogP contribution in [-0.2, 0) is 19.7 Å². The monoisotopic (exact) mass is 517 g/mol. The van der Waals surface area contributed by atoms with Crippen LogP contribution < -0.4 is 5.32 Å². The molecule has 0 aliphatic rings. The lowest BCUT2D eigenvalue weighted by atomic mass is 10.0. The zero-order chi connectivity index (χ0) is 27.4. The summed E-state index contributed by atoms with van der Waals surface area (Å²) in [5.41, 5.74) is 5.46. The fraction of sp³-hybridized carbons (Fsp3) is 0.357. The molecule has 1 aromatic carbocycles. The minimum absolute atomic E-state index is 0.0534. The second-order valence-corrected chi connectivity index (χ2v) is 9.57. The van der Waals surface area contributed by atoms with Gasteiger partial charge in [-0.05, 0) is 64.3 Å². The van der Waals surface area contributed by atoms with E-state index in [-0.39, 0.29) is 24.8 Å². The van der Waals surface area contributed by atoms with Crippen molar-refractivity contribution >= 4 is 22.5 Å². The van der Waals surface area contributed by atoms with Gasteiger partial charge in [0.2, 0.25) is 0 Å². The number of hydrogen-bond donors (Lipinski definition) is 3. The van der Waals surface area contributed by atoms with Gasteiger partial charge in [-0.15, -0.1) is 0 Å². The van der Waals surface area contributed by atoms with Crippen molar-refractivity contribution in [3.8, 4) is 17.1 Å². The SMILES string of the molecule is CCn1ncc(CN(C)C(=O)c2cc(-c3ccc(NCCN(C)C)c(C)n3)nc3ccc(O)cc23)c1CO. The van der Waals surface area contributed by atoms with Crippen LogP contribution in [0.1, 0.15) is 34.2 Å². The number of pyridine rings is 2. The normalized spacial score (nSPS) is 11.3. The first-order valence-electron chi connectivity index (χ1n) is 12.6. The Morgan fingerprint density at radius 3 is 2.55 bits per heavy atom. The van der Waals surface area contributed by atoms with Crippen LogP contribution in [0.15, 0.2) is 42.6 Å². The molecule has 0 saturated heterocycles. The van der Waals surface area contributed by atoms with E-state index in [4.69, 9.17) is 9.97 Å². The number of carbonyl (C=O) groups excluding carboxylic acids is 1. The van der Waals surface area contributed by atoms with E-state index in [1.54, 1.807) is 47.1 Å². The van der Waals surface area contributed by atoms with Gasteiger partial charge in [0, 0.05) is 44.2 Å². The average molecular weight is 518 g/mol. The van der Waals surface area contributed by atoms with Crippen LogP contribution in [0, 0.1) is 6.92 Å². The standard InChI is InChI=1S/C28H35N7O3/c1-6-35-27(17-36)19(15-30-35)16-34(5)28(38)22-14-26(32-24-8-7-20(37)13-21(22)24)25-10-9-23(18(2)31-25)29-11-12-33(3)4/h7-10,13-15,29,36-37H,6,11-12,16-17H2,1-5H3. The number of aromatic nitrogens is 4. The summed E-state index contributed by atoms with van der Waals surface area (Å²) in [6.45, 7) is 6.33. The third-order valence-corrected chi connectivity index (χ3v) is 6.48. The second-order valence-electron chi connectivity index (χ2n) is 9.57. The molecule has 0 saturated carbocycles. The third kappa shape index (κ3) is 5.76. The van der Waals surface area contributed by atoms with Crippen molar-refractivity contribution in [2.45, 2.75) is 33.5 Å². The van der Waals surface area contributed by atoms with Crippen LogP contribution in [0.3, 0.4) is 0 Å². The Labute approximate surface area is 222 Å². The molecule has 3 aromatic heterocycles. The summed E-state index contributed by atoms with van der Waals surface area (Å²) in [6.07, 6.45) is 1.68. The molecule has 200 valence electrons. The Morgan fingerprint density at radius 2 is 1.87 bits per heavy atom. The highest BCUT2D eigenvalue weighted by molar-refractivity contribution is 6.07. The van der Waals surface area contributed by atoms with Crippen molar-refractivity contribution in [3.63, 3.8) is 0 Å². The Bertz CT molecular complexity index is 1450. The van der Waals surface area contributed by atoms with E-state index in [2.05, 4.69) is 15.3 Å². The number of rotatable bonds is 10. The Morgan fingerprint density at radius 1 is 1.08 bits per heavy atom. The molecule has 0 aliphatic heterocycles. The van der Waals surface area contributed by atoms with E-state index >= 15 is 0 Å². The minimum Gasteiger partial charge on any atom is -0.508 e. The van der Waals surface area contributed by atoms with Gasteiger partial charge >= 0.3 is 0 Å². The topological polar surface area (TPSA) is 120 Å². The van der Waals surface area contributed by atoms with Crippen LogP contribution >= 0.6 is 0 Å². The Hall–Kier alpha value is -4.02. The number of carbonyl (C=O) groups is 1. The van der Waals surface area contributed by atoms with E-state index in [9.17, 15) is 15.0 Å². The summed E-state index contributed by atoms with van der Waals surface area (Å²) in [5, 5.41) is 28.2. The third-order valence-electron chi connectivity index (χ3n) is 6.48. The summed E-state index contributed by atoms with van der Waals surface area (Å²) in [7, 11) is 5.76. The summed E-state index contributed by atoms with van der Waals surface area (Å²) >= 11 is 0. The van der Waals surface area contributed by atoms with Crippen molar-refractivity contribution in [1.29, 1.82) is 0 Å². The molecular formula is C28H35N7O3. The first-order valence-corrected chi connectivity index (χ1v) is 12.6. The van der Waals surface area contributed by atoms with Crippen LogP contribution in [-0.4, -0.2) is 79.9 Å². The second kappa shape index (κ2) is 11.6. The smallest absolute Gasteiger partial charge is 0.254 e. The molecule has 10 heteroatoms. The molecule has 4 rings (SSSR count). The van der Waals surface area contributed by atoms with E-state index in [1.807, 2.05) is 40.1 Å². The van der Waals surface area contributed by atoms with Crippen LogP contribution in [0.2, 0.25) is 0 Å². The number of phenols is 1. The molecule has 0 unspecified atom stereocenters. The lowest BCUT2D eigenvalue weighted by Gasteiger charge is -2.19. The van der Waals surface area contributed by atoms with Gasteiger partial charge in [-0.25, -0.2) is 9.97 Å². The fourth-order valence-corrected chi connectivity index (χ4v) is 4.40. The van der Waals surface area contributed by atoms with E-state index < -0.39 is 0 Å². The molecule has 0 radical (unpaired) electrons. The van der Waals surface area contributed by atoms with Crippen LogP contribution in [0.5, 0.6) is 5.75 Å². The molecule has 0 fully saturated rings. The fourth-order valence-electron chi connectivity index (χ4n) is 4.40. The van der Waals surface area contributed by atoms with Gasteiger partial charge in [-0.1, -0.05) is 0 Å². The minimum atomic E-state index is -0.240. The van der Waals surface area contributed by atoms with Crippen molar-refractivity contribution in [2.24, 2.45) is 0 Å². The van der Waals surface area contributed by atoms with Gasteiger partial charge in [0.25, 0.3) is 5.91 Å². The van der Waals surface area contributed by atoms with Crippen molar-refractivity contribution < 1.29 is 15.0 Å². The van der Waals surface area contributed by atoms with Gasteiger partial charge in [0.15, 0.2) is 0 Å². The average Bonchev–Trinajstić information content (AvgIpc) is 3.29. The summed E-state index contributed by atoms with van der Waals surface area (Å²) < 4.78 is 1.72. The number of nitrogens with zero attached hydrogens (tertiary/aromatic N) is 6. The van der Waals surface area contributed by atoms with E-state index in [0.717, 1.165) is 30.0 Å². The molecule has 3 heterocycles. The van der Waals surface area contributed by atoms with Gasteiger partial charge in [0.1, 0.15) is 5.75 Å². The summed E-state index contributed by atoms with van der Waals surface area (Å²) in [5.74, 6) is -0.186. The number of benzene rings is 1. The summed E-state index contributed by atoms with van der Waals surface area (Å²) in [6, 6.07) is 10.4. The summed E-state index contributed by atoms with van der Waals surface area (Å²) in [4.78, 5) is 26.9. The van der Waals surface area contributed by atoms with Crippen molar-refractivity contribution in [2.75, 3.05) is 39.5 Å². The highest BCUT2D eigenvalue weighted by atomic mass is 16.3. The number of hydrogen-bond acceptors (Lipinski definition) is 8. The molecule has 0 atom stereocenters. The number of amides is 1. The number of aromatic hydroxyl groups is 1. The number of aliphatic hydroxyl groups is 1. The predicted octanol–water partition coefficient (Wildman–Crippen LogP) is 3.27. The highest BCUT2D eigenvalue weighted by Crippen LogP contribution is 2.29. The van der Waals surface area contributed by atoms with Crippen LogP contribution in [0.4, 0.5) is 5.69 Å². The van der Waals surface area contributed by atoms with E-state index in [0.29, 0.717) is 40.1 Å². The first-order chi connectivity index (χ1) is 18.2. The first kappa shape index (κ1) is 27.0. The number of aryl methyl sites for hydroxylation is 2.